The molecule has 0 aliphatic carbocycles. The Kier molecular flexibility index (Phi) is 5.32. The SMILES string of the molecule is CCCC[C@](C)(O)C(O)c1cc(C)ccc1S(=O)(=O)O. The van der Waals surface area contributed by atoms with Gasteiger partial charge in [-0.15, -0.1) is 0 Å². The summed E-state index contributed by atoms with van der Waals surface area (Å²) in [4.78, 5) is -0.368. The standard InChI is InChI=1S/C14H22O5S/c1-4-5-8-14(3,16)13(15)11-9-10(2)6-7-12(11)20(17,18)19/h6-7,9,13,15-16H,4-5,8H2,1-3H3,(H,17,18,19)/t13?,14-/m0/s1. The van der Waals surface area contributed by atoms with E-state index >= 15 is 0 Å². The summed E-state index contributed by atoms with van der Waals surface area (Å²) in [6.07, 6.45) is 0.508. The Balaban J connectivity index is 3.27. The third-order valence-corrected chi connectivity index (χ3v) is 4.29. The van der Waals surface area contributed by atoms with Crippen molar-refractivity contribution in [3.63, 3.8) is 0 Å². The topological polar surface area (TPSA) is 94.8 Å². The van der Waals surface area contributed by atoms with Crippen molar-refractivity contribution in [2.24, 2.45) is 0 Å². The van der Waals surface area contributed by atoms with Crippen molar-refractivity contribution in [3.05, 3.63) is 29.3 Å². The Morgan fingerprint density at radius 2 is 1.95 bits per heavy atom. The Morgan fingerprint density at radius 1 is 1.35 bits per heavy atom. The Labute approximate surface area is 120 Å². The molecule has 0 spiro atoms. The molecule has 0 radical (unpaired) electrons. The second-order valence-electron chi connectivity index (χ2n) is 5.38. The van der Waals surface area contributed by atoms with Crippen LogP contribution in [0.2, 0.25) is 0 Å². The van der Waals surface area contributed by atoms with Gasteiger partial charge in [-0.1, -0.05) is 37.5 Å². The molecule has 0 amide bonds. The molecule has 3 N–H and O–H groups in total. The molecule has 114 valence electrons. The molecule has 0 heterocycles. The van der Waals surface area contributed by atoms with E-state index in [0.717, 1.165) is 12.0 Å². The van der Waals surface area contributed by atoms with Gasteiger partial charge in [0.25, 0.3) is 10.1 Å². The van der Waals surface area contributed by atoms with Crippen molar-refractivity contribution in [3.8, 4) is 0 Å². The van der Waals surface area contributed by atoms with E-state index in [0.29, 0.717) is 12.8 Å². The van der Waals surface area contributed by atoms with Crippen LogP contribution in [-0.4, -0.2) is 28.8 Å². The Morgan fingerprint density at radius 3 is 2.45 bits per heavy atom. The highest BCUT2D eigenvalue weighted by atomic mass is 32.2. The second-order valence-corrected chi connectivity index (χ2v) is 6.77. The molecule has 0 aromatic heterocycles. The molecular formula is C14H22O5S. The maximum Gasteiger partial charge on any atom is 0.294 e. The van der Waals surface area contributed by atoms with E-state index in [1.54, 1.807) is 6.92 Å². The molecule has 0 aliphatic heterocycles. The van der Waals surface area contributed by atoms with Crippen molar-refractivity contribution in [1.82, 2.24) is 0 Å². The first-order valence-electron chi connectivity index (χ1n) is 6.58. The van der Waals surface area contributed by atoms with Crippen LogP contribution >= 0.6 is 0 Å². The van der Waals surface area contributed by atoms with Gasteiger partial charge in [-0.2, -0.15) is 8.42 Å². The maximum absolute atomic E-state index is 11.4. The highest BCUT2D eigenvalue weighted by Crippen LogP contribution is 2.34. The lowest BCUT2D eigenvalue weighted by molar-refractivity contribution is -0.0714. The molecule has 1 unspecified atom stereocenters. The molecule has 0 saturated carbocycles. The number of hydrogen-bond acceptors (Lipinski definition) is 4. The van der Waals surface area contributed by atoms with E-state index in [9.17, 15) is 23.2 Å². The van der Waals surface area contributed by atoms with Crippen LogP contribution in [0.1, 0.15) is 50.3 Å². The van der Waals surface area contributed by atoms with Crippen LogP contribution in [0.25, 0.3) is 0 Å². The fourth-order valence-electron chi connectivity index (χ4n) is 2.12. The van der Waals surface area contributed by atoms with Gasteiger partial charge in [-0.25, -0.2) is 0 Å². The van der Waals surface area contributed by atoms with Crippen LogP contribution in [0.15, 0.2) is 23.1 Å². The predicted octanol–water partition coefficient (Wildman–Crippen LogP) is 2.22. The number of aliphatic hydroxyl groups excluding tert-OH is 1. The van der Waals surface area contributed by atoms with E-state index < -0.39 is 21.8 Å². The van der Waals surface area contributed by atoms with Crippen molar-refractivity contribution < 1.29 is 23.2 Å². The summed E-state index contributed by atoms with van der Waals surface area (Å²) >= 11 is 0. The molecule has 6 heteroatoms. The van der Waals surface area contributed by atoms with Crippen LogP contribution < -0.4 is 0 Å². The van der Waals surface area contributed by atoms with Gasteiger partial charge in [0.1, 0.15) is 6.10 Å². The lowest BCUT2D eigenvalue weighted by Crippen LogP contribution is -2.33. The molecule has 2 atom stereocenters. The minimum Gasteiger partial charge on any atom is -0.387 e. The van der Waals surface area contributed by atoms with Crippen molar-refractivity contribution >= 4 is 10.1 Å². The largest absolute Gasteiger partial charge is 0.387 e. The van der Waals surface area contributed by atoms with Gasteiger partial charge in [-0.05, 0) is 26.3 Å². The first kappa shape index (κ1) is 17.1. The van der Waals surface area contributed by atoms with E-state index in [4.69, 9.17) is 0 Å². The van der Waals surface area contributed by atoms with Gasteiger partial charge in [0.15, 0.2) is 0 Å². The highest BCUT2D eigenvalue weighted by molar-refractivity contribution is 7.85. The molecule has 1 rings (SSSR count). The summed E-state index contributed by atoms with van der Waals surface area (Å²) in [5, 5.41) is 20.6. The molecule has 0 fully saturated rings. The van der Waals surface area contributed by atoms with Crippen LogP contribution in [0.3, 0.4) is 0 Å². The summed E-state index contributed by atoms with van der Waals surface area (Å²) in [5.74, 6) is 0. The van der Waals surface area contributed by atoms with Crippen LogP contribution in [0.4, 0.5) is 0 Å². The van der Waals surface area contributed by atoms with Crippen LogP contribution in [0, 0.1) is 6.92 Å². The number of benzene rings is 1. The first-order valence-corrected chi connectivity index (χ1v) is 8.02. The summed E-state index contributed by atoms with van der Waals surface area (Å²) in [6, 6.07) is 4.23. The second kappa shape index (κ2) is 6.22. The molecule has 1 aromatic carbocycles. The number of hydrogen-bond donors (Lipinski definition) is 3. The molecule has 5 nitrogen and oxygen atoms in total. The number of aryl methyl sites for hydroxylation is 1. The lowest BCUT2D eigenvalue weighted by Gasteiger charge is -2.30. The van der Waals surface area contributed by atoms with Gasteiger partial charge in [0.05, 0.1) is 10.5 Å². The Bertz CT molecular complexity index is 563. The monoisotopic (exact) mass is 302 g/mol. The normalized spacial score (nSPS) is 16.7. The molecule has 0 aliphatic rings. The van der Waals surface area contributed by atoms with E-state index in [1.807, 2.05) is 6.92 Å². The molecular weight excluding hydrogens is 280 g/mol. The summed E-state index contributed by atoms with van der Waals surface area (Å²) < 4.78 is 32.0. The molecule has 0 bridgehead atoms. The third-order valence-electron chi connectivity index (χ3n) is 3.36. The predicted molar refractivity (Wildman–Crippen MR) is 76.1 cm³/mol. The zero-order valence-electron chi connectivity index (χ0n) is 12.0. The Hall–Kier alpha value is -0.950. The maximum atomic E-state index is 11.4. The average molecular weight is 302 g/mol. The first-order chi connectivity index (χ1) is 9.09. The van der Waals surface area contributed by atoms with Gasteiger partial charge in [-0.3, -0.25) is 4.55 Å². The fraction of sp³-hybridized carbons (Fsp3) is 0.571. The third kappa shape index (κ3) is 4.02. The van der Waals surface area contributed by atoms with E-state index in [2.05, 4.69) is 0 Å². The average Bonchev–Trinajstić information content (AvgIpc) is 2.33. The van der Waals surface area contributed by atoms with E-state index in [-0.39, 0.29) is 10.5 Å². The smallest absolute Gasteiger partial charge is 0.294 e. The van der Waals surface area contributed by atoms with Gasteiger partial charge < -0.3 is 10.2 Å². The number of aliphatic hydroxyl groups is 2. The van der Waals surface area contributed by atoms with Crippen LogP contribution in [0.5, 0.6) is 0 Å². The zero-order chi connectivity index (χ0) is 15.6. The summed E-state index contributed by atoms with van der Waals surface area (Å²) in [5.41, 5.74) is -0.699. The van der Waals surface area contributed by atoms with Gasteiger partial charge in [0, 0.05) is 5.56 Å². The number of unbranched alkanes of at least 4 members (excludes halogenated alkanes) is 1. The van der Waals surface area contributed by atoms with Gasteiger partial charge >= 0.3 is 0 Å². The lowest BCUT2D eigenvalue weighted by atomic mass is 9.88. The van der Waals surface area contributed by atoms with Crippen molar-refractivity contribution in [1.29, 1.82) is 0 Å². The molecule has 1 aromatic rings. The quantitative estimate of drug-likeness (QED) is 0.700. The summed E-state index contributed by atoms with van der Waals surface area (Å²) in [6.45, 7) is 5.16. The fourth-order valence-corrected chi connectivity index (χ4v) is 2.83. The minimum absolute atomic E-state index is 0.0219. The van der Waals surface area contributed by atoms with Crippen molar-refractivity contribution in [2.75, 3.05) is 0 Å². The number of rotatable bonds is 6. The van der Waals surface area contributed by atoms with Gasteiger partial charge in [0.2, 0.25) is 0 Å². The molecule has 20 heavy (non-hydrogen) atoms. The highest BCUT2D eigenvalue weighted by Gasteiger charge is 2.34. The minimum atomic E-state index is -4.45. The summed E-state index contributed by atoms with van der Waals surface area (Å²) in [7, 11) is -4.45. The van der Waals surface area contributed by atoms with E-state index in [1.165, 1.54) is 25.1 Å². The molecule has 0 saturated heterocycles. The van der Waals surface area contributed by atoms with Crippen molar-refractivity contribution in [2.45, 2.75) is 56.6 Å². The zero-order valence-corrected chi connectivity index (χ0v) is 12.8. The van der Waals surface area contributed by atoms with Crippen LogP contribution in [-0.2, 0) is 10.1 Å².